The molecule has 12 atom stereocenters. The molecule has 482 valence electrons. The van der Waals surface area contributed by atoms with E-state index >= 15 is 0 Å². The van der Waals surface area contributed by atoms with Crippen LogP contribution < -0.4 is 64.6 Å². The van der Waals surface area contributed by atoms with Crippen LogP contribution in [0.3, 0.4) is 0 Å². The van der Waals surface area contributed by atoms with Gasteiger partial charge in [0.25, 0.3) is 0 Å². The molecule has 0 fully saturated rings. The van der Waals surface area contributed by atoms with Crippen LogP contribution in [0.4, 0.5) is 0 Å². The minimum atomic E-state index is -1.88. The van der Waals surface area contributed by atoms with E-state index in [1.54, 1.807) is 20.1 Å². The van der Waals surface area contributed by atoms with Gasteiger partial charge < -0.3 is 100 Å². The van der Waals surface area contributed by atoms with Crippen molar-refractivity contribution in [2.45, 2.75) is 165 Å². The number of carbonyl (C=O) groups is 12. The number of carbonyl (C=O) groups excluding carboxylic acids is 10. The first-order valence-corrected chi connectivity index (χ1v) is 29.2. The smallest absolute Gasteiger partial charge is 0.326 e. The van der Waals surface area contributed by atoms with Crippen molar-refractivity contribution in [1.82, 2.24) is 83.1 Å². The summed E-state index contributed by atoms with van der Waals surface area (Å²) in [6, 6.07) is -16.4. The number of carboxylic acid groups (broad SMARTS) is 2. The second-order valence-electron chi connectivity index (χ2n) is 20.9. The maximum Gasteiger partial charge on any atom is 0.326 e. The summed E-state index contributed by atoms with van der Waals surface area (Å²) in [6.07, 6.45) is 7.26. The zero-order chi connectivity index (χ0) is 64.9. The molecule has 0 radical (unpaired) electrons. The van der Waals surface area contributed by atoms with Crippen LogP contribution in [-0.4, -0.2) is 219 Å². The molecule has 0 aliphatic carbocycles. The Labute approximate surface area is 504 Å². The predicted octanol–water partition coefficient (Wildman–Crippen LogP) is -6.04. The molecule has 3 rings (SSSR count). The Hall–Kier alpha value is -8.54. The van der Waals surface area contributed by atoms with Crippen molar-refractivity contribution < 1.29 is 78.0 Å². The van der Waals surface area contributed by atoms with Gasteiger partial charge in [-0.1, -0.05) is 13.8 Å². The quantitative estimate of drug-likeness (QED) is 0.0236. The van der Waals surface area contributed by atoms with Crippen LogP contribution >= 0.6 is 11.8 Å². The summed E-state index contributed by atoms with van der Waals surface area (Å²) in [5, 5.41) is 64.3. The summed E-state index contributed by atoms with van der Waals surface area (Å²) in [7, 11) is 0. The minimum absolute atomic E-state index is 0.0231. The van der Waals surface area contributed by atoms with E-state index in [4.69, 9.17) is 11.5 Å². The third-order valence-corrected chi connectivity index (χ3v) is 13.8. The van der Waals surface area contributed by atoms with Crippen molar-refractivity contribution in [3.8, 4) is 0 Å². The van der Waals surface area contributed by atoms with E-state index in [1.165, 1.54) is 70.1 Å². The first kappa shape index (κ1) is 72.7. The molecule has 21 N–H and O–H groups in total. The SMILES string of the molecule is CSCC[C@H](NC(=O)[C@H](C)NC(=O)[C@H](Cc1cnc[nH]1)NC(=O)[C@@H](N)[C@@H](C)O)C(=O)N[C@@H](CO)C(=O)N[C@@H](Cc1cnc[nH]1)C(=O)N[C@@H](CC(C)C)C(=O)N[C@@H](CC(=O)O)C(=O)N[C@@H](CCCCN)C(=O)N[C@@H](C)C(=O)N[C@@H](Cc1cnc[nH]1)C(=O)O. The first-order chi connectivity index (χ1) is 41.2. The van der Waals surface area contributed by atoms with Crippen LogP contribution in [0.25, 0.3) is 0 Å². The van der Waals surface area contributed by atoms with Crippen LogP contribution in [0.5, 0.6) is 0 Å². The topological polar surface area (TPSA) is 544 Å². The third kappa shape index (κ3) is 25.5. The highest BCUT2D eigenvalue weighted by atomic mass is 32.2. The number of aromatic nitrogens is 6. The van der Waals surface area contributed by atoms with E-state index in [9.17, 15) is 78.0 Å². The molecule has 0 unspecified atom stereocenters. The van der Waals surface area contributed by atoms with Crippen molar-refractivity contribution in [3.05, 3.63) is 54.7 Å². The Morgan fingerprint density at radius 3 is 1.33 bits per heavy atom. The average Bonchev–Trinajstić information content (AvgIpc) is 3.95. The second kappa shape index (κ2) is 37.1. The van der Waals surface area contributed by atoms with Gasteiger partial charge in [-0.05, 0) is 77.3 Å². The number of unbranched alkanes of at least 4 members (excludes halogenated alkanes) is 1. The Morgan fingerprint density at radius 1 is 0.506 bits per heavy atom. The maximum atomic E-state index is 14.3. The van der Waals surface area contributed by atoms with Crippen LogP contribution in [0.2, 0.25) is 0 Å². The molecule has 0 saturated carbocycles. The molecule has 10 amide bonds. The van der Waals surface area contributed by atoms with Gasteiger partial charge in [0, 0.05) is 54.9 Å². The number of aliphatic carboxylic acids is 2. The zero-order valence-electron chi connectivity index (χ0n) is 49.0. The number of nitrogens with one attached hydrogen (secondary N) is 13. The molecular formula is C52H82N18O16S. The lowest BCUT2D eigenvalue weighted by molar-refractivity contribution is -0.142. The van der Waals surface area contributed by atoms with Gasteiger partial charge in [-0.3, -0.25) is 52.7 Å². The number of H-pyrrole nitrogens is 3. The third-order valence-electron chi connectivity index (χ3n) is 13.1. The number of imidazole rings is 3. The zero-order valence-corrected chi connectivity index (χ0v) is 49.9. The van der Waals surface area contributed by atoms with Crippen LogP contribution in [0.15, 0.2) is 37.6 Å². The molecule has 34 nitrogen and oxygen atoms in total. The van der Waals surface area contributed by atoms with Gasteiger partial charge in [0.2, 0.25) is 59.1 Å². The van der Waals surface area contributed by atoms with Crippen LogP contribution in [0.1, 0.15) is 90.2 Å². The molecule has 0 aliphatic heterocycles. The molecule has 3 aromatic heterocycles. The number of aliphatic hydroxyl groups excluding tert-OH is 2. The Bertz CT molecular complexity index is 2740. The van der Waals surface area contributed by atoms with Crippen molar-refractivity contribution in [1.29, 1.82) is 0 Å². The van der Waals surface area contributed by atoms with Crippen molar-refractivity contribution in [3.63, 3.8) is 0 Å². The number of rotatable bonds is 40. The molecule has 0 bridgehead atoms. The first-order valence-electron chi connectivity index (χ1n) is 27.8. The number of hydrogen-bond donors (Lipinski definition) is 19. The fourth-order valence-electron chi connectivity index (χ4n) is 8.22. The van der Waals surface area contributed by atoms with Gasteiger partial charge in [-0.2, -0.15) is 11.8 Å². The highest BCUT2D eigenvalue weighted by Gasteiger charge is 2.36. The van der Waals surface area contributed by atoms with E-state index in [-0.39, 0.29) is 68.9 Å². The largest absolute Gasteiger partial charge is 0.481 e. The van der Waals surface area contributed by atoms with Gasteiger partial charge in [0.15, 0.2) is 0 Å². The maximum absolute atomic E-state index is 14.3. The summed E-state index contributed by atoms with van der Waals surface area (Å²) < 4.78 is 0. The van der Waals surface area contributed by atoms with Gasteiger partial charge in [-0.25, -0.2) is 19.7 Å². The van der Waals surface area contributed by atoms with Crippen molar-refractivity contribution in [2.24, 2.45) is 17.4 Å². The van der Waals surface area contributed by atoms with Gasteiger partial charge in [-0.15, -0.1) is 0 Å². The van der Waals surface area contributed by atoms with Crippen molar-refractivity contribution in [2.75, 3.05) is 25.2 Å². The van der Waals surface area contributed by atoms with Crippen LogP contribution in [-0.2, 0) is 76.8 Å². The number of amides is 10. The van der Waals surface area contributed by atoms with E-state index in [0.717, 1.165) is 0 Å². The summed E-state index contributed by atoms with van der Waals surface area (Å²) in [4.78, 5) is 181. The Morgan fingerprint density at radius 2 is 0.885 bits per heavy atom. The lowest BCUT2D eigenvalue weighted by Crippen LogP contribution is -2.61. The van der Waals surface area contributed by atoms with E-state index in [0.29, 0.717) is 17.8 Å². The molecule has 87 heavy (non-hydrogen) atoms. The predicted molar refractivity (Wildman–Crippen MR) is 310 cm³/mol. The standard InChI is InChI=1S/C52H82N18O16S/c1-25(2)13-34(47(80)67-37(17-40(73)74)49(82)64-32(9-7-8-11-53)44(77)61-27(4)43(76)69-38(52(85)86)16-31-20-57-24-60-31)65-48(81)36(15-30-19-56-23-59-30)66-50(83)39(21-71)70-45(78)33(10-12-87-6)63-42(75)26(3)62-46(79)35(14-29-18-55-22-58-29)68-51(84)41(54)28(5)72/h18-20,22-28,32-39,41,71-72H,7-17,21,53-54H2,1-6H3,(H,55,58)(H,56,59)(H,57,60)(H,61,77)(H,62,79)(H,63,75)(H,64,82)(H,65,81)(H,66,83)(H,67,80)(H,68,84)(H,69,76)(H,70,78)(H,73,74)(H,85,86)/t26-,27-,28+,32-,33-,34-,35-,36-,37-,38-,39-,41-/m0/s1. The Balaban J connectivity index is 1.80. The number of aliphatic hydroxyl groups is 2. The highest BCUT2D eigenvalue weighted by Crippen LogP contribution is 2.11. The number of aromatic amines is 3. The fourth-order valence-corrected chi connectivity index (χ4v) is 8.69. The van der Waals surface area contributed by atoms with Crippen molar-refractivity contribution >= 4 is 82.8 Å². The normalized spacial score (nSPS) is 15.3. The summed E-state index contributed by atoms with van der Waals surface area (Å²) in [5.74, 6) is -12.7. The molecule has 3 aromatic rings. The van der Waals surface area contributed by atoms with E-state index < -0.39 is 157 Å². The fraction of sp³-hybridized carbons (Fsp3) is 0.596. The van der Waals surface area contributed by atoms with Gasteiger partial charge >= 0.3 is 11.9 Å². The minimum Gasteiger partial charge on any atom is -0.481 e. The van der Waals surface area contributed by atoms with Gasteiger partial charge in [0.1, 0.15) is 66.5 Å². The molecule has 0 aromatic carbocycles. The number of carboxylic acids is 2. The molecule has 0 aliphatic rings. The molecular weight excluding hydrogens is 1160 g/mol. The Kier molecular flexibility index (Phi) is 31.0. The number of thioether (sulfide) groups is 1. The summed E-state index contributed by atoms with van der Waals surface area (Å²) >= 11 is 1.30. The molecule has 35 heteroatoms. The second-order valence-corrected chi connectivity index (χ2v) is 21.9. The summed E-state index contributed by atoms with van der Waals surface area (Å²) in [6.45, 7) is 6.37. The van der Waals surface area contributed by atoms with E-state index in [2.05, 4.69) is 83.1 Å². The average molecular weight is 1250 g/mol. The number of hydrogen-bond acceptors (Lipinski definition) is 20. The lowest BCUT2D eigenvalue weighted by atomic mass is 10.0. The highest BCUT2D eigenvalue weighted by molar-refractivity contribution is 7.98. The van der Waals surface area contributed by atoms with Gasteiger partial charge in [0.05, 0.1) is 38.1 Å². The molecule has 3 heterocycles. The van der Waals surface area contributed by atoms with Crippen LogP contribution in [0, 0.1) is 5.92 Å². The summed E-state index contributed by atoms with van der Waals surface area (Å²) in [5.41, 5.74) is 12.6. The number of nitrogens with two attached hydrogens (primary N) is 2. The van der Waals surface area contributed by atoms with E-state index in [1.807, 2.05) is 0 Å². The molecule has 0 saturated heterocycles. The lowest BCUT2D eigenvalue weighted by Gasteiger charge is -2.28. The molecule has 0 spiro atoms. The number of nitrogens with zero attached hydrogens (tertiary/aromatic N) is 3. The monoisotopic (exact) mass is 1250 g/mol.